The number of carbonyl (C=O) groups excluding carboxylic acids is 1. The number of rotatable bonds is 7. The fourth-order valence-electron chi connectivity index (χ4n) is 3.74. The van der Waals surface area contributed by atoms with Gasteiger partial charge in [-0.1, -0.05) is 19.1 Å². The highest BCUT2D eigenvalue weighted by Gasteiger charge is 2.27. The van der Waals surface area contributed by atoms with Crippen LogP contribution in [0.3, 0.4) is 0 Å². The molecule has 0 spiro atoms. The number of nitrogens with zero attached hydrogens (tertiary/aromatic N) is 3. The van der Waals surface area contributed by atoms with Crippen LogP contribution in [0.5, 0.6) is 5.75 Å². The summed E-state index contributed by atoms with van der Waals surface area (Å²) in [5.74, 6) is 1.02. The highest BCUT2D eigenvalue weighted by Crippen LogP contribution is 2.24. The van der Waals surface area contributed by atoms with Crippen molar-refractivity contribution in [1.29, 1.82) is 0 Å². The molecule has 1 aromatic heterocycles. The molecule has 5 heteroatoms. The molecule has 0 unspecified atom stereocenters. The predicted molar refractivity (Wildman–Crippen MR) is 103 cm³/mol. The van der Waals surface area contributed by atoms with Crippen molar-refractivity contribution >= 4 is 5.78 Å². The van der Waals surface area contributed by atoms with Crippen LogP contribution in [0.2, 0.25) is 0 Å². The Morgan fingerprint density at radius 3 is 3.00 bits per heavy atom. The Hall–Kier alpha value is -2.14. The number of aryl methyl sites for hydroxylation is 1. The molecule has 0 saturated carbocycles. The summed E-state index contributed by atoms with van der Waals surface area (Å²) in [6, 6.07) is 7.50. The second-order valence-electron chi connectivity index (χ2n) is 7.15. The molecule has 1 aliphatic rings. The molecule has 1 aromatic carbocycles. The van der Waals surface area contributed by atoms with Crippen LogP contribution >= 0.6 is 0 Å². The third kappa shape index (κ3) is 4.15. The van der Waals surface area contributed by atoms with Gasteiger partial charge < -0.3 is 4.74 Å². The van der Waals surface area contributed by atoms with Crippen molar-refractivity contribution in [2.24, 2.45) is 5.92 Å². The van der Waals surface area contributed by atoms with Crippen LogP contribution in [0.1, 0.15) is 47.8 Å². The summed E-state index contributed by atoms with van der Waals surface area (Å²) in [6.07, 6.45) is 5.09. The van der Waals surface area contributed by atoms with Gasteiger partial charge in [0.05, 0.1) is 13.3 Å². The minimum atomic E-state index is 0.0573. The lowest BCUT2D eigenvalue weighted by Gasteiger charge is -2.32. The Balaban J connectivity index is 1.66. The number of hydrogen-bond acceptors (Lipinski definition) is 4. The van der Waals surface area contributed by atoms with Crippen LogP contribution in [0.25, 0.3) is 0 Å². The molecule has 1 atom stereocenters. The van der Waals surface area contributed by atoms with Gasteiger partial charge in [-0.2, -0.15) is 5.10 Å². The zero-order chi connectivity index (χ0) is 18.5. The maximum atomic E-state index is 12.9. The average molecular weight is 355 g/mol. The third-order valence-corrected chi connectivity index (χ3v) is 5.26. The molecule has 5 nitrogen and oxygen atoms in total. The summed E-state index contributed by atoms with van der Waals surface area (Å²) < 4.78 is 7.34. The average Bonchev–Trinajstić information content (AvgIpc) is 3.01. The van der Waals surface area contributed by atoms with Gasteiger partial charge in [-0.05, 0) is 44.9 Å². The molecular formula is C21H29N3O2. The number of Topliss-reactive ketones (excluding diaryl/α,β-unsaturated/α-hetero) is 1. The fraction of sp³-hybridized carbons (Fsp3) is 0.524. The Morgan fingerprint density at radius 2 is 2.23 bits per heavy atom. The molecule has 0 N–H and O–H groups in total. The third-order valence-electron chi connectivity index (χ3n) is 5.26. The number of aromatic nitrogens is 2. The first-order valence-electron chi connectivity index (χ1n) is 9.54. The number of ketones is 1. The van der Waals surface area contributed by atoms with Gasteiger partial charge in [0, 0.05) is 42.4 Å². The van der Waals surface area contributed by atoms with Crippen molar-refractivity contribution in [3.8, 4) is 5.75 Å². The Morgan fingerprint density at radius 1 is 1.38 bits per heavy atom. The van der Waals surface area contributed by atoms with E-state index in [9.17, 15) is 4.79 Å². The molecule has 2 heterocycles. The smallest absolute Gasteiger partial charge is 0.167 e. The van der Waals surface area contributed by atoms with E-state index in [1.807, 2.05) is 30.5 Å². The number of ether oxygens (including phenoxy) is 1. The van der Waals surface area contributed by atoms with Crippen LogP contribution in [-0.2, 0) is 13.1 Å². The molecule has 0 radical (unpaired) electrons. The lowest BCUT2D eigenvalue weighted by Crippen LogP contribution is -2.38. The molecule has 1 saturated heterocycles. The summed E-state index contributed by atoms with van der Waals surface area (Å²) in [5.41, 5.74) is 3.27. The number of methoxy groups -OCH3 is 1. The van der Waals surface area contributed by atoms with Crippen LogP contribution < -0.4 is 4.74 Å². The minimum Gasteiger partial charge on any atom is -0.497 e. The van der Waals surface area contributed by atoms with Crippen LogP contribution in [0, 0.1) is 12.8 Å². The largest absolute Gasteiger partial charge is 0.497 e. The van der Waals surface area contributed by atoms with Gasteiger partial charge >= 0.3 is 0 Å². The van der Waals surface area contributed by atoms with E-state index in [4.69, 9.17) is 4.74 Å². The summed E-state index contributed by atoms with van der Waals surface area (Å²) in [7, 11) is 1.63. The minimum absolute atomic E-state index is 0.0573. The van der Waals surface area contributed by atoms with Crippen molar-refractivity contribution in [3.05, 3.63) is 47.3 Å². The van der Waals surface area contributed by atoms with E-state index < -0.39 is 0 Å². The second-order valence-corrected chi connectivity index (χ2v) is 7.15. The summed E-state index contributed by atoms with van der Waals surface area (Å²) in [4.78, 5) is 15.3. The van der Waals surface area contributed by atoms with Gasteiger partial charge in [0.25, 0.3) is 0 Å². The van der Waals surface area contributed by atoms with Gasteiger partial charge in [0.15, 0.2) is 5.78 Å². The van der Waals surface area contributed by atoms with E-state index in [1.54, 1.807) is 7.11 Å². The molecule has 3 rings (SSSR count). The van der Waals surface area contributed by atoms with Crippen molar-refractivity contribution < 1.29 is 9.53 Å². The SMILES string of the molecule is CCCn1ncc(CN2CCC[C@@H](C(=O)c3cccc(OC)c3)C2)c1C. The Labute approximate surface area is 156 Å². The summed E-state index contributed by atoms with van der Waals surface area (Å²) in [5, 5.41) is 4.50. The lowest BCUT2D eigenvalue weighted by molar-refractivity contribution is 0.0811. The van der Waals surface area contributed by atoms with Crippen molar-refractivity contribution in [3.63, 3.8) is 0 Å². The molecular weight excluding hydrogens is 326 g/mol. The van der Waals surface area contributed by atoms with Gasteiger partial charge in [-0.15, -0.1) is 0 Å². The number of carbonyl (C=O) groups is 1. The highest BCUT2D eigenvalue weighted by molar-refractivity contribution is 5.98. The Bertz CT molecular complexity index is 753. The van der Waals surface area contributed by atoms with E-state index in [0.717, 1.165) is 56.8 Å². The van der Waals surface area contributed by atoms with Gasteiger partial charge in [0.2, 0.25) is 0 Å². The van der Waals surface area contributed by atoms with Crippen LogP contribution in [-0.4, -0.2) is 40.7 Å². The second kappa shape index (κ2) is 8.49. The van der Waals surface area contributed by atoms with Crippen LogP contribution in [0.4, 0.5) is 0 Å². The van der Waals surface area contributed by atoms with E-state index >= 15 is 0 Å². The summed E-state index contributed by atoms with van der Waals surface area (Å²) in [6.45, 7) is 8.00. The molecule has 140 valence electrons. The number of piperidine rings is 1. The van der Waals surface area contributed by atoms with Gasteiger partial charge in [-0.25, -0.2) is 0 Å². The molecule has 1 aliphatic heterocycles. The first-order chi connectivity index (χ1) is 12.6. The zero-order valence-corrected chi connectivity index (χ0v) is 16.1. The standard InChI is InChI=1S/C21H29N3O2/c1-4-10-24-16(2)19(13-22-24)15-23-11-6-8-18(14-23)21(25)17-7-5-9-20(12-17)26-3/h5,7,9,12-13,18H,4,6,8,10-11,14-15H2,1-3H3/t18-/m1/s1. The van der Waals surface area contributed by atoms with E-state index in [2.05, 4.69) is 28.5 Å². The maximum Gasteiger partial charge on any atom is 0.167 e. The quantitative estimate of drug-likeness (QED) is 0.711. The molecule has 1 fully saturated rings. The maximum absolute atomic E-state index is 12.9. The van der Waals surface area contributed by atoms with Crippen molar-refractivity contribution in [2.45, 2.75) is 46.2 Å². The molecule has 0 amide bonds. The first-order valence-corrected chi connectivity index (χ1v) is 9.54. The van der Waals surface area contributed by atoms with Crippen molar-refractivity contribution in [1.82, 2.24) is 14.7 Å². The monoisotopic (exact) mass is 355 g/mol. The lowest BCUT2D eigenvalue weighted by atomic mass is 9.89. The highest BCUT2D eigenvalue weighted by atomic mass is 16.5. The van der Waals surface area contributed by atoms with Gasteiger partial charge in [-0.3, -0.25) is 14.4 Å². The first kappa shape index (κ1) is 18.6. The molecule has 0 bridgehead atoms. The van der Waals surface area contributed by atoms with Crippen LogP contribution in [0.15, 0.2) is 30.5 Å². The van der Waals surface area contributed by atoms with E-state index in [0.29, 0.717) is 0 Å². The van der Waals surface area contributed by atoms with Crippen molar-refractivity contribution in [2.75, 3.05) is 20.2 Å². The molecule has 0 aliphatic carbocycles. The Kier molecular flexibility index (Phi) is 6.09. The van der Waals surface area contributed by atoms with Gasteiger partial charge in [0.1, 0.15) is 5.75 Å². The number of hydrogen-bond donors (Lipinski definition) is 0. The fourth-order valence-corrected chi connectivity index (χ4v) is 3.74. The predicted octanol–water partition coefficient (Wildman–Crippen LogP) is 3.71. The summed E-state index contributed by atoms with van der Waals surface area (Å²) >= 11 is 0. The van der Waals surface area contributed by atoms with E-state index in [-0.39, 0.29) is 11.7 Å². The number of likely N-dealkylation sites (tertiary alicyclic amines) is 1. The topological polar surface area (TPSA) is 47.4 Å². The number of benzene rings is 1. The van der Waals surface area contributed by atoms with E-state index in [1.165, 1.54) is 11.3 Å². The normalized spacial score (nSPS) is 18.0. The zero-order valence-electron chi connectivity index (χ0n) is 16.1. The molecule has 2 aromatic rings. The molecule has 26 heavy (non-hydrogen) atoms.